The maximum Gasteiger partial charge on any atom is 0.335 e. The van der Waals surface area contributed by atoms with E-state index in [1.165, 1.54) is 6.20 Å². The first kappa shape index (κ1) is 25.6. The Morgan fingerprint density at radius 3 is 2.29 bits per heavy atom. The average Bonchev–Trinajstić information content (AvgIpc) is 2.82. The Morgan fingerprint density at radius 2 is 1.71 bits per heavy atom. The first-order valence-electron chi connectivity index (χ1n) is 10.7. The minimum Gasteiger partial charge on any atom is -0.355 e. The lowest BCUT2D eigenvalue weighted by molar-refractivity contribution is 0.0964. The van der Waals surface area contributed by atoms with Crippen molar-refractivity contribution in [2.24, 2.45) is 0 Å². The summed E-state index contributed by atoms with van der Waals surface area (Å²) in [4.78, 5) is 40.7. The molecule has 3 aromatic rings. The monoisotopic (exact) mass is 503 g/mol. The van der Waals surface area contributed by atoms with Crippen molar-refractivity contribution in [3.8, 4) is 0 Å². The molecule has 34 heavy (non-hydrogen) atoms. The molecule has 0 fully saturated rings. The van der Waals surface area contributed by atoms with Gasteiger partial charge >= 0.3 is 7.60 Å². The van der Waals surface area contributed by atoms with Crippen LogP contribution in [0.2, 0.25) is 5.02 Å². The van der Waals surface area contributed by atoms with Crippen LogP contribution in [0.4, 0.5) is 23.1 Å². The normalized spacial score (nSPS) is 11.7. The summed E-state index contributed by atoms with van der Waals surface area (Å²) in [5, 5.41) is 7.77. The molecule has 180 valence electrons. The molecule has 3 rings (SSSR count). The van der Waals surface area contributed by atoms with Crippen LogP contribution in [0.1, 0.15) is 42.6 Å². The zero-order valence-electron chi connectivity index (χ0n) is 19.0. The zero-order valence-corrected chi connectivity index (χ0v) is 20.7. The van der Waals surface area contributed by atoms with E-state index in [-0.39, 0.29) is 16.9 Å². The van der Waals surface area contributed by atoms with Crippen molar-refractivity contribution in [3.05, 3.63) is 70.9 Å². The second-order valence-corrected chi connectivity index (χ2v) is 9.98. The molecule has 9 nitrogen and oxygen atoms in total. The third-order valence-corrected chi connectivity index (χ3v) is 8.08. The molecule has 0 radical (unpaired) electrons. The summed E-state index contributed by atoms with van der Waals surface area (Å²) >= 11 is 6.27. The number of amides is 1. The topological polar surface area (TPSA) is 136 Å². The minimum atomic E-state index is -4.37. The molecule has 0 atom stereocenters. The third-order valence-electron chi connectivity index (χ3n) is 5.80. The summed E-state index contributed by atoms with van der Waals surface area (Å²) in [5.74, 6) is 0.311. The van der Waals surface area contributed by atoms with Gasteiger partial charge in [-0.1, -0.05) is 49.7 Å². The highest BCUT2D eigenvalue weighted by Crippen LogP contribution is 2.60. The highest BCUT2D eigenvalue weighted by Gasteiger charge is 2.45. The van der Waals surface area contributed by atoms with Crippen LogP contribution in [0.15, 0.2) is 54.7 Å². The maximum absolute atomic E-state index is 12.2. The number of nitrogens with one attached hydrogen (secondary N) is 3. The first-order chi connectivity index (χ1) is 16.1. The van der Waals surface area contributed by atoms with Crippen LogP contribution in [0, 0.1) is 0 Å². The highest BCUT2D eigenvalue weighted by molar-refractivity contribution is 7.53. The van der Waals surface area contributed by atoms with Crippen molar-refractivity contribution < 1.29 is 19.1 Å². The van der Waals surface area contributed by atoms with E-state index < -0.39 is 12.8 Å². The number of nitrogens with zero attached hydrogens (tertiary/aromatic N) is 2. The lowest BCUT2D eigenvalue weighted by atomic mass is 9.92. The molecular formula is C23H27ClN5O4P. The lowest BCUT2D eigenvalue weighted by Gasteiger charge is -2.33. The summed E-state index contributed by atoms with van der Waals surface area (Å²) in [7, 11) is -2.82. The molecular weight excluding hydrogens is 477 g/mol. The van der Waals surface area contributed by atoms with E-state index in [4.69, 9.17) is 11.6 Å². The van der Waals surface area contributed by atoms with Crippen molar-refractivity contribution >= 4 is 48.2 Å². The molecule has 1 heterocycles. The van der Waals surface area contributed by atoms with Gasteiger partial charge in [0.15, 0.2) is 5.82 Å². The summed E-state index contributed by atoms with van der Waals surface area (Å²) in [6, 6.07) is 13.8. The van der Waals surface area contributed by atoms with Crippen molar-refractivity contribution in [1.29, 1.82) is 0 Å². The molecule has 0 saturated carbocycles. The average molecular weight is 504 g/mol. The van der Waals surface area contributed by atoms with Gasteiger partial charge in [-0.25, -0.2) is 4.98 Å². The second-order valence-electron chi connectivity index (χ2n) is 7.62. The van der Waals surface area contributed by atoms with Gasteiger partial charge in [-0.15, -0.1) is 0 Å². The van der Waals surface area contributed by atoms with Gasteiger partial charge in [0.2, 0.25) is 5.95 Å². The largest absolute Gasteiger partial charge is 0.355 e. The predicted octanol–water partition coefficient (Wildman–Crippen LogP) is 5.17. The predicted molar refractivity (Wildman–Crippen MR) is 134 cm³/mol. The summed E-state index contributed by atoms with van der Waals surface area (Å²) in [6.45, 7) is 3.54. The number of carbonyl (C=O) groups is 1. The van der Waals surface area contributed by atoms with Gasteiger partial charge < -0.3 is 25.7 Å². The van der Waals surface area contributed by atoms with E-state index in [1.807, 2.05) is 0 Å². The van der Waals surface area contributed by atoms with Crippen molar-refractivity contribution in [2.45, 2.75) is 31.8 Å². The summed E-state index contributed by atoms with van der Waals surface area (Å²) < 4.78 is 12.2. The molecule has 1 aromatic heterocycles. The van der Waals surface area contributed by atoms with Gasteiger partial charge in [0, 0.05) is 12.7 Å². The van der Waals surface area contributed by atoms with E-state index >= 15 is 0 Å². The number of hydrogen-bond acceptors (Lipinski definition) is 6. The Kier molecular flexibility index (Phi) is 7.94. The Labute approximate surface area is 203 Å². The van der Waals surface area contributed by atoms with Crippen LogP contribution >= 0.6 is 19.2 Å². The molecule has 5 N–H and O–H groups in total. The molecule has 0 aliphatic rings. The number of carbonyl (C=O) groups excluding carboxylic acids is 1. The Bertz CT molecular complexity index is 1210. The summed E-state index contributed by atoms with van der Waals surface area (Å²) in [5.41, 5.74) is 2.17. The van der Waals surface area contributed by atoms with Crippen LogP contribution in [0.3, 0.4) is 0 Å². The Morgan fingerprint density at radius 1 is 1.06 bits per heavy atom. The molecule has 11 heteroatoms. The highest BCUT2D eigenvalue weighted by atomic mass is 35.5. The van der Waals surface area contributed by atoms with Gasteiger partial charge in [-0.05, 0) is 42.7 Å². The SMILES string of the molecule is CCC(CC)(c1ccc(Nc2ncc(Cl)c(Nc3ccccc3C(=O)NC)n2)cc1)P(=O)(O)O. The number of hydrogen-bond donors (Lipinski definition) is 5. The fraction of sp³-hybridized carbons (Fsp3) is 0.261. The third kappa shape index (κ3) is 5.23. The molecule has 1 amide bonds. The molecule has 0 spiro atoms. The van der Waals surface area contributed by atoms with Crippen molar-refractivity contribution in [3.63, 3.8) is 0 Å². The zero-order chi connectivity index (χ0) is 24.9. The van der Waals surface area contributed by atoms with Crippen molar-refractivity contribution in [1.82, 2.24) is 15.3 Å². The minimum absolute atomic E-state index is 0.253. The quantitative estimate of drug-likeness (QED) is 0.252. The van der Waals surface area contributed by atoms with E-state index in [0.717, 1.165) is 0 Å². The first-order valence-corrected chi connectivity index (χ1v) is 12.7. The van der Waals surface area contributed by atoms with Gasteiger partial charge in [0.25, 0.3) is 5.91 Å². The van der Waals surface area contributed by atoms with Crippen LogP contribution in [-0.4, -0.2) is 32.7 Å². The number of aromatic nitrogens is 2. The van der Waals surface area contributed by atoms with E-state index in [9.17, 15) is 19.1 Å². The molecule has 0 aliphatic carbocycles. The fourth-order valence-corrected chi connectivity index (χ4v) is 5.25. The molecule has 0 saturated heterocycles. The summed E-state index contributed by atoms with van der Waals surface area (Å²) in [6.07, 6.45) is 2.06. The van der Waals surface area contributed by atoms with Crippen LogP contribution < -0.4 is 16.0 Å². The standard InChI is InChI=1S/C23H27ClN5O4P/c1-4-23(5-2,34(31,32)33)15-10-12-16(13-11-15)27-22-26-14-18(24)20(29-22)28-19-9-7-6-8-17(19)21(30)25-3/h6-14H,4-5H2,1-3H3,(H,25,30)(H2,31,32,33)(H2,26,27,28,29). The van der Waals surface area contributed by atoms with Gasteiger partial charge in [-0.3, -0.25) is 9.36 Å². The van der Waals surface area contributed by atoms with E-state index in [2.05, 4.69) is 25.9 Å². The van der Waals surface area contributed by atoms with Crippen molar-refractivity contribution in [2.75, 3.05) is 17.7 Å². The smallest absolute Gasteiger partial charge is 0.335 e. The van der Waals surface area contributed by atoms with Gasteiger partial charge in [-0.2, -0.15) is 4.98 Å². The number of halogens is 1. The number of anilines is 4. The van der Waals surface area contributed by atoms with Gasteiger partial charge in [0.05, 0.1) is 22.6 Å². The van der Waals surface area contributed by atoms with Crippen LogP contribution in [0.5, 0.6) is 0 Å². The Balaban J connectivity index is 1.85. The number of benzene rings is 2. The number of para-hydroxylation sites is 1. The Hall–Kier alpha value is -2.97. The molecule has 0 bridgehead atoms. The van der Waals surface area contributed by atoms with Crippen LogP contribution in [0.25, 0.3) is 0 Å². The maximum atomic E-state index is 12.2. The molecule has 0 unspecified atom stereocenters. The van der Waals surface area contributed by atoms with E-state index in [1.54, 1.807) is 69.4 Å². The van der Waals surface area contributed by atoms with Gasteiger partial charge in [0.1, 0.15) is 5.02 Å². The fourth-order valence-electron chi connectivity index (χ4n) is 3.80. The number of rotatable bonds is 9. The van der Waals surface area contributed by atoms with E-state index in [0.29, 0.717) is 41.2 Å². The molecule has 2 aromatic carbocycles. The lowest BCUT2D eigenvalue weighted by Crippen LogP contribution is -2.24. The second kappa shape index (κ2) is 10.5. The molecule has 0 aliphatic heterocycles. The van der Waals surface area contributed by atoms with Crippen LogP contribution in [-0.2, 0) is 9.72 Å².